The molecule has 1 aromatic rings. The van der Waals surface area contributed by atoms with Crippen LogP contribution in [0.25, 0.3) is 0 Å². The molecule has 2 N–H and O–H groups in total. The fourth-order valence-corrected chi connectivity index (χ4v) is 3.13. The summed E-state index contributed by atoms with van der Waals surface area (Å²) >= 11 is 0. The van der Waals surface area contributed by atoms with Crippen molar-refractivity contribution in [1.82, 2.24) is 0 Å². The summed E-state index contributed by atoms with van der Waals surface area (Å²) in [6.07, 6.45) is 3.83. The quantitative estimate of drug-likeness (QED) is 0.623. The van der Waals surface area contributed by atoms with E-state index >= 15 is 0 Å². The predicted molar refractivity (Wildman–Crippen MR) is 70.1 cm³/mol. The number of phenols is 2. The Bertz CT molecular complexity index is 491. The van der Waals surface area contributed by atoms with Crippen molar-refractivity contribution in [2.45, 2.75) is 45.4 Å². The minimum absolute atomic E-state index is 0.0401. The largest absolute Gasteiger partial charge is 0.504 e. The standard InChI is InChI=1S/C15H20O3/c1-14(2)5-4-6-15(14,3)11-7-10(9-16)8-12(17)13(11)18/h7-9,17-18H,4-6H2,1-3H3. The summed E-state index contributed by atoms with van der Waals surface area (Å²) in [6, 6.07) is 3.01. The monoisotopic (exact) mass is 248 g/mol. The number of rotatable bonds is 2. The smallest absolute Gasteiger partial charge is 0.161 e. The van der Waals surface area contributed by atoms with Crippen LogP contribution in [0.4, 0.5) is 0 Å². The first kappa shape index (κ1) is 12.9. The van der Waals surface area contributed by atoms with E-state index in [1.165, 1.54) is 6.07 Å². The molecule has 0 amide bonds. The molecule has 98 valence electrons. The lowest BCUT2D eigenvalue weighted by Gasteiger charge is -2.39. The van der Waals surface area contributed by atoms with Crippen LogP contribution in [0.5, 0.6) is 11.5 Å². The second-order valence-corrected chi connectivity index (χ2v) is 6.12. The van der Waals surface area contributed by atoms with Gasteiger partial charge < -0.3 is 10.2 Å². The second kappa shape index (κ2) is 4.01. The zero-order valence-corrected chi connectivity index (χ0v) is 11.2. The Hall–Kier alpha value is -1.51. The highest BCUT2D eigenvalue weighted by atomic mass is 16.3. The van der Waals surface area contributed by atoms with Crippen molar-refractivity contribution in [2.24, 2.45) is 5.41 Å². The van der Waals surface area contributed by atoms with Gasteiger partial charge in [0.15, 0.2) is 11.5 Å². The molecular weight excluding hydrogens is 228 g/mol. The van der Waals surface area contributed by atoms with Crippen molar-refractivity contribution in [3.8, 4) is 11.5 Å². The number of aldehydes is 1. The Morgan fingerprint density at radius 2 is 1.83 bits per heavy atom. The van der Waals surface area contributed by atoms with Gasteiger partial charge in [0.2, 0.25) is 0 Å². The number of hydrogen-bond donors (Lipinski definition) is 2. The van der Waals surface area contributed by atoms with E-state index in [9.17, 15) is 15.0 Å². The maximum Gasteiger partial charge on any atom is 0.161 e. The molecule has 0 bridgehead atoms. The van der Waals surface area contributed by atoms with Crippen molar-refractivity contribution in [3.05, 3.63) is 23.3 Å². The first-order chi connectivity index (χ1) is 8.32. The molecule has 0 heterocycles. The number of aromatic hydroxyl groups is 2. The molecule has 3 heteroatoms. The molecule has 0 radical (unpaired) electrons. The van der Waals surface area contributed by atoms with Crippen molar-refractivity contribution in [3.63, 3.8) is 0 Å². The molecule has 2 rings (SSSR count). The maximum absolute atomic E-state index is 10.9. The van der Waals surface area contributed by atoms with Gasteiger partial charge in [0, 0.05) is 16.5 Å². The SMILES string of the molecule is CC1(C)CCCC1(C)c1cc(C=O)cc(O)c1O. The van der Waals surface area contributed by atoms with Gasteiger partial charge >= 0.3 is 0 Å². The molecular formula is C15H20O3. The Balaban J connectivity index is 2.64. The molecule has 3 nitrogen and oxygen atoms in total. The summed E-state index contributed by atoms with van der Waals surface area (Å²) in [5, 5.41) is 19.9. The van der Waals surface area contributed by atoms with Gasteiger partial charge in [-0.05, 0) is 30.4 Å². The van der Waals surface area contributed by atoms with Crippen LogP contribution in [0.15, 0.2) is 12.1 Å². The van der Waals surface area contributed by atoms with E-state index in [4.69, 9.17) is 0 Å². The molecule has 1 saturated carbocycles. The number of benzene rings is 1. The van der Waals surface area contributed by atoms with Crippen molar-refractivity contribution < 1.29 is 15.0 Å². The minimum atomic E-state index is -0.215. The first-order valence-electron chi connectivity index (χ1n) is 6.33. The summed E-state index contributed by atoms with van der Waals surface area (Å²) in [4.78, 5) is 10.9. The fourth-order valence-electron chi connectivity index (χ4n) is 3.13. The third kappa shape index (κ3) is 1.69. The van der Waals surface area contributed by atoms with E-state index in [0.29, 0.717) is 17.4 Å². The van der Waals surface area contributed by atoms with E-state index in [-0.39, 0.29) is 22.3 Å². The summed E-state index contributed by atoms with van der Waals surface area (Å²) in [5.74, 6) is -0.295. The lowest BCUT2D eigenvalue weighted by atomic mass is 9.65. The van der Waals surface area contributed by atoms with Crippen LogP contribution in [-0.4, -0.2) is 16.5 Å². The van der Waals surface area contributed by atoms with Crippen LogP contribution < -0.4 is 0 Å². The first-order valence-corrected chi connectivity index (χ1v) is 6.33. The lowest BCUT2D eigenvalue weighted by molar-refractivity contribution is 0.112. The highest BCUT2D eigenvalue weighted by Gasteiger charge is 2.47. The van der Waals surface area contributed by atoms with Crippen LogP contribution in [0.1, 0.15) is 56.0 Å². The molecule has 0 aromatic heterocycles. The molecule has 1 aliphatic carbocycles. The highest BCUT2D eigenvalue weighted by molar-refractivity contribution is 5.77. The van der Waals surface area contributed by atoms with Gasteiger partial charge in [-0.3, -0.25) is 4.79 Å². The van der Waals surface area contributed by atoms with Gasteiger partial charge in [-0.2, -0.15) is 0 Å². The Morgan fingerprint density at radius 3 is 2.33 bits per heavy atom. The summed E-state index contributed by atoms with van der Waals surface area (Å²) in [6.45, 7) is 6.44. The fraction of sp³-hybridized carbons (Fsp3) is 0.533. The van der Waals surface area contributed by atoms with Gasteiger partial charge in [-0.15, -0.1) is 0 Å². The summed E-state index contributed by atoms with van der Waals surface area (Å²) in [7, 11) is 0. The molecule has 18 heavy (non-hydrogen) atoms. The van der Waals surface area contributed by atoms with Crippen LogP contribution in [0.2, 0.25) is 0 Å². The van der Waals surface area contributed by atoms with Gasteiger partial charge in [0.1, 0.15) is 6.29 Å². The highest BCUT2D eigenvalue weighted by Crippen LogP contribution is 2.56. The van der Waals surface area contributed by atoms with Gasteiger partial charge in [0.25, 0.3) is 0 Å². The normalized spacial score (nSPS) is 26.2. The van der Waals surface area contributed by atoms with Crippen LogP contribution in [0.3, 0.4) is 0 Å². The minimum Gasteiger partial charge on any atom is -0.504 e. The summed E-state index contributed by atoms with van der Waals surface area (Å²) in [5.41, 5.74) is 0.919. The number of carbonyl (C=O) groups is 1. The van der Waals surface area contributed by atoms with Crippen LogP contribution in [-0.2, 0) is 5.41 Å². The molecule has 1 aromatic carbocycles. The molecule has 1 fully saturated rings. The van der Waals surface area contributed by atoms with Crippen molar-refractivity contribution in [1.29, 1.82) is 0 Å². The van der Waals surface area contributed by atoms with Crippen molar-refractivity contribution >= 4 is 6.29 Å². The van der Waals surface area contributed by atoms with E-state index in [1.807, 2.05) is 0 Å². The van der Waals surface area contributed by atoms with Gasteiger partial charge in [0.05, 0.1) is 0 Å². The van der Waals surface area contributed by atoms with Crippen LogP contribution in [0, 0.1) is 5.41 Å². The molecule has 0 aliphatic heterocycles. The Kier molecular flexibility index (Phi) is 2.88. The number of carbonyl (C=O) groups excluding carboxylic acids is 1. The number of hydrogen-bond acceptors (Lipinski definition) is 3. The molecule has 1 atom stereocenters. The van der Waals surface area contributed by atoms with E-state index in [0.717, 1.165) is 19.3 Å². The Labute approximate surface area is 107 Å². The van der Waals surface area contributed by atoms with E-state index < -0.39 is 0 Å². The topological polar surface area (TPSA) is 57.5 Å². The Morgan fingerprint density at radius 1 is 1.17 bits per heavy atom. The second-order valence-electron chi connectivity index (χ2n) is 6.12. The third-order valence-corrected chi connectivity index (χ3v) is 4.81. The van der Waals surface area contributed by atoms with Crippen LogP contribution >= 0.6 is 0 Å². The molecule has 0 spiro atoms. The van der Waals surface area contributed by atoms with Gasteiger partial charge in [-0.25, -0.2) is 0 Å². The van der Waals surface area contributed by atoms with E-state index in [1.54, 1.807) is 6.07 Å². The molecule has 0 saturated heterocycles. The number of phenolic OH excluding ortho intramolecular Hbond substituents is 2. The third-order valence-electron chi connectivity index (χ3n) is 4.81. The molecule has 1 unspecified atom stereocenters. The average molecular weight is 248 g/mol. The van der Waals surface area contributed by atoms with Crippen molar-refractivity contribution in [2.75, 3.05) is 0 Å². The van der Waals surface area contributed by atoms with E-state index in [2.05, 4.69) is 20.8 Å². The zero-order chi connectivity index (χ0) is 13.6. The lowest BCUT2D eigenvalue weighted by Crippen LogP contribution is -2.34. The zero-order valence-electron chi connectivity index (χ0n) is 11.2. The van der Waals surface area contributed by atoms with Gasteiger partial charge in [-0.1, -0.05) is 27.2 Å². The maximum atomic E-state index is 10.9. The average Bonchev–Trinajstić information content (AvgIpc) is 2.58. The molecule has 1 aliphatic rings. The predicted octanol–water partition coefficient (Wildman–Crippen LogP) is 3.38. The summed E-state index contributed by atoms with van der Waals surface area (Å²) < 4.78 is 0.